The minimum Gasteiger partial charge on any atom is -0.512 e. The van der Waals surface area contributed by atoms with Gasteiger partial charge in [-0.1, -0.05) is 20.8 Å². The summed E-state index contributed by atoms with van der Waals surface area (Å²) in [6, 6.07) is 0. The Kier molecular flexibility index (Phi) is 1.08. The predicted molar refractivity (Wildman–Crippen MR) is 45.3 cm³/mol. The maximum atomic E-state index is 9.68. The smallest absolute Gasteiger partial charge is 0.0950 e. The van der Waals surface area contributed by atoms with E-state index < -0.39 is 0 Å². The zero-order valence-corrected chi connectivity index (χ0v) is 7.52. The maximum absolute atomic E-state index is 9.68. The minimum atomic E-state index is 0.0810. The SMILES string of the molecule is CC12CCC(C=C1O)C2(C)C. The van der Waals surface area contributed by atoms with Crippen LogP contribution >= 0.6 is 0 Å². The highest BCUT2D eigenvalue weighted by molar-refractivity contribution is 5.26. The molecule has 0 heterocycles. The van der Waals surface area contributed by atoms with Gasteiger partial charge in [0.15, 0.2) is 0 Å². The van der Waals surface area contributed by atoms with Crippen molar-refractivity contribution in [3.63, 3.8) is 0 Å². The molecule has 62 valence electrons. The molecule has 2 rings (SSSR count). The maximum Gasteiger partial charge on any atom is 0.0950 e. The van der Waals surface area contributed by atoms with Crippen molar-refractivity contribution in [1.29, 1.82) is 0 Å². The number of hydrogen-bond acceptors (Lipinski definition) is 1. The van der Waals surface area contributed by atoms with Crippen LogP contribution in [0, 0.1) is 16.7 Å². The van der Waals surface area contributed by atoms with Crippen LogP contribution in [0.3, 0.4) is 0 Å². The van der Waals surface area contributed by atoms with Crippen molar-refractivity contribution in [2.24, 2.45) is 16.7 Å². The van der Waals surface area contributed by atoms with E-state index in [2.05, 4.69) is 26.8 Å². The second-order valence-electron chi connectivity index (χ2n) is 4.75. The minimum absolute atomic E-state index is 0.0810. The van der Waals surface area contributed by atoms with Gasteiger partial charge in [-0.25, -0.2) is 0 Å². The molecule has 0 amide bonds. The highest BCUT2D eigenvalue weighted by atomic mass is 16.3. The normalized spacial score (nSPS) is 46.1. The van der Waals surface area contributed by atoms with E-state index >= 15 is 0 Å². The Morgan fingerprint density at radius 3 is 2.27 bits per heavy atom. The lowest BCUT2D eigenvalue weighted by atomic mass is 9.70. The number of allylic oxidation sites excluding steroid dienone is 2. The molecule has 2 aliphatic rings. The summed E-state index contributed by atoms with van der Waals surface area (Å²) in [4.78, 5) is 0. The van der Waals surface area contributed by atoms with E-state index in [1.807, 2.05) is 0 Å². The first-order valence-electron chi connectivity index (χ1n) is 4.40. The average molecular weight is 152 g/mol. The monoisotopic (exact) mass is 152 g/mol. The lowest BCUT2D eigenvalue weighted by molar-refractivity contribution is 0.123. The summed E-state index contributed by atoms with van der Waals surface area (Å²) < 4.78 is 0. The molecule has 0 radical (unpaired) electrons. The Balaban J connectivity index is 2.49. The molecule has 0 aliphatic heterocycles. The summed E-state index contributed by atoms with van der Waals surface area (Å²) in [6.07, 6.45) is 4.48. The molecule has 1 fully saturated rings. The summed E-state index contributed by atoms with van der Waals surface area (Å²) in [5.74, 6) is 1.26. The van der Waals surface area contributed by atoms with Crippen molar-refractivity contribution < 1.29 is 5.11 Å². The third-order valence-electron chi connectivity index (χ3n) is 4.23. The third kappa shape index (κ3) is 0.582. The first-order valence-corrected chi connectivity index (χ1v) is 4.40. The van der Waals surface area contributed by atoms with Crippen LogP contribution in [0.2, 0.25) is 0 Å². The van der Waals surface area contributed by atoms with Crippen LogP contribution in [0.25, 0.3) is 0 Å². The summed E-state index contributed by atoms with van der Waals surface area (Å²) in [6.45, 7) is 6.72. The van der Waals surface area contributed by atoms with Crippen LogP contribution in [0.1, 0.15) is 33.6 Å². The Labute approximate surface area is 68.1 Å². The van der Waals surface area contributed by atoms with Gasteiger partial charge in [-0.2, -0.15) is 0 Å². The zero-order chi connectivity index (χ0) is 8.28. The van der Waals surface area contributed by atoms with Crippen LogP contribution in [0.4, 0.5) is 0 Å². The number of fused-ring (bicyclic) bond motifs is 2. The number of aliphatic hydroxyl groups excluding tert-OH is 1. The molecule has 1 saturated carbocycles. The summed E-state index contributed by atoms with van der Waals surface area (Å²) >= 11 is 0. The van der Waals surface area contributed by atoms with Crippen molar-refractivity contribution in [2.75, 3.05) is 0 Å². The Morgan fingerprint density at radius 1 is 1.45 bits per heavy atom. The van der Waals surface area contributed by atoms with E-state index in [0.29, 0.717) is 11.7 Å². The molecular formula is C10H16O. The van der Waals surface area contributed by atoms with Crippen LogP contribution in [-0.4, -0.2) is 5.11 Å². The standard InChI is InChI=1S/C10H16O/c1-9(2)7-4-5-10(9,3)8(11)6-7/h6-7,11H,4-5H2,1-3H3. The van der Waals surface area contributed by atoms with Crippen molar-refractivity contribution in [2.45, 2.75) is 33.6 Å². The molecular weight excluding hydrogens is 136 g/mol. The van der Waals surface area contributed by atoms with E-state index in [4.69, 9.17) is 0 Å². The van der Waals surface area contributed by atoms with Crippen molar-refractivity contribution in [3.05, 3.63) is 11.8 Å². The molecule has 2 atom stereocenters. The summed E-state index contributed by atoms with van der Waals surface area (Å²) in [5.41, 5.74) is 0.370. The lowest BCUT2D eigenvalue weighted by Crippen LogP contribution is -2.29. The number of aliphatic hydroxyl groups is 1. The molecule has 2 unspecified atom stereocenters. The topological polar surface area (TPSA) is 20.2 Å². The summed E-state index contributed by atoms with van der Waals surface area (Å²) in [5, 5.41) is 9.68. The molecule has 1 nitrogen and oxygen atoms in total. The molecule has 0 aromatic heterocycles. The van der Waals surface area contributed by atoms with Gasteiger partial charge in [0.05, 0.1) is 5.76 Å². The first-order chi connectivity index (χ1) is 4.98. The first kappa shape index (κ1) is 7.20. The molecule has 0 aromatic carbocycles. The fraction of sp³-hybridized carbons (Fsp3) is 0.800. The van der Waals surface area contributed by atoms with Crippen LogP contribution in [0.15, 0.2) is 11.8 Å². The van der Waals surface area contributed by atoms with E-state index in [1.165, 1.54) is 6.42 Å². The van der Waals surface area contributed by atoms with Crippen molar-refractivity contribution in [3.8, 4) is 0 Å². The highest BCUT2D eigenvalue weighted by Crippen LogP contribution is 2.64. The van der Waals surface area contributed by atoms with Crippen molar-refractivity contribution in [1.82, 2.24) is 0 Å². The third-order valence-corrected chi connectivity index (χ3v) is 4.23. The fourth-order valence-corrected chi connectivity index (χ4v) is 2.66. The molecule has 0 spiro atoms. The second-order valence-corrected chi connectivity index (χ2v) is 4.75. The average Bonchev–Trinajstić information content (AvgIpc) is 2.20. The van der Waals surface area contributed by atoms with Crippen LogP contribution in [-0.2, 0) is 0 Å². The fourth-order valence-electron chi connectivity index (χ4n) is 2.66. The lowest BCUT2D eigenvalue weighted by Gasteiger charge is -2.34. The molecule has 2 bridgehead atoms. The molecule has 0 aromatic rings. The Bertz CT molecular complexity index is 227. The number of hydrogen-bond donors (Lipinski definition) is 1. The highest BCUT2D eigenvalue weighted by Gasteiger charge is 2.57. The van der Waals surface area contributed by atoms with E-state index in [0.717, 1.165) is 6.42 Å². The Morgan fingerprint density at radius 2 is 2.09 bits per heavy atom. The second kappa shape index (κ2) is 1.65. The predicted octanol–water partition coefficient (Wildman–Crippen LogP) is 2.88. The largest absolute Gasteiger partial charge is 0.512 e. The molecule has 0 saturated heterocycles. The van der Waals surface area contributed by atoms with Gasteiger partial charge in [0.25, 0.3) is 0 Å². The van der Waals surface area contributed by atoms with Gasteiger partial charge in [-0.15, -0.1) is 0 Å². The van der Waals surface area contributed by atoms with Gasteiger partial charge < -0.3 is 5.11 Å². The van der Waals surface area contributed by atoms with Crippen LogP contribution in [0.5, 0.6) is 0 Å². The zero-order valence-electron chi connectivity index (χ0n) is 7.52. The van der Waals surface area contributed by atoms with Gasteiger partial charge in [-0.3, -0.25) is 0 Å². The molecule has 1 heteroatoms. The van der Waals surface area contributed by atoms with Crippen LogP contribution < -0.4 is 0 Å². The summed E-state index contributed by atoms with van der Waals surface area (Å²) in [7, 11) is 0. The number of rotatable bonds is 0. The van der Waals surface area contributed by atoms with E-state index in [9.17, 15) is 5.11 Å². The molecule has 11 heavy (non-hydrogen) atoms. The van der Waals surface area contributed by atoms with Gasteiger partial charge in [0.1, 0.15) is 0 Å². The van der Waals surface area contributed by atoms with Gasteiger partial charge in [-0.05, 0) is 30.3 Å². The Hall–Kier alpha value is -0.460. The van der Waals surface area contributed by atoms with E-state index in [1.54, 1.807) is 0 Å². The van der Waals surface area contributed by atoms with E-state index in [-0.39, 0.29) is 10.8 Å². The molecule has 2 aliphatic carbocycles. The van der Waals surface area contributed by atoms with Gasteiger partial charge in [0.2, 0.25) is 0 Å². The van der Waals surface area contributed by atoms with Gasteiger partial charge in [0, 0.05) is 5.41 Å². The quantitative estimate of drug-likeness (QED) is 0.566. The van der Waals surface area contributed by atoms with Crippen molar-refractivity contribution >= 4 is 0 Å². The molecule has 1 N–H and O–H groups in total. The van der Waals surface area contributed by atoms with Gasteiger partial charge >= 0.3 is 0 Å².